The summed E-state index contributed by atoms with van der Waals surface area (Å²) in [6.07, 6.45) is 2.29. The van der Waals surface area contributed by atoms with E-state index in [1.54, 1.807) is 15.9 Å². The van der Waals surface area contributed by atoms with Gasteiger partial charge in [0.1, 0.15) is 11.7 Å². The molecule has 26 heavy (non-hydrogen) atoms. The Balaban J connectivity index is 1.76. The smallest absolute Gasteiger partial charge is 0.239 e. The third-order valence-corrected chi connectivity index (χ3v) is 5.65. The predicted molar refractivity (Wildman–Crippen MR) is 95.6 cm³/mol. The summed E-state index contributed by atoms with van der Waals surface area (Å²) in [4.78, 5) is 30.1. The number of likely N-dealkylation sites (tertiary alicyclic amines) is 1. The number of benzene rings is 1. The summed E-state index contributed by atoms with van der Waals surface area (Å²) in [5, 5.41) is 0. The summed E-state index contributed by atoms with van der Waals surface area (Å²) in [7, 11) is 0. The van der Waals surface area contributed by atoms with Gasteiger partial charge in [0.05, 0.1) is 13.2 Å². The number of para-hydroxylation sites is 1. The molecule has 6 nitrogen and oxygen atoms in total. The summed E-state index contributed by atoms with van der Waals surface area (Å²) >= 11 is 0. The summed E-state index contributed by atoms with van der Waals surface area (Å²) in [5.74, 6) is -0.404. The molecule has 0 aromatic heterocycles. The minimum atomic E-state index is -0.758. The van der Waals surface area contributed by atoms with Gasteiger partial charge in [-0.2, -0.15) is 0 Å². The van der Waals surface area contributed by atoms with E-state index in [2.05, 4.69) is 6.58 Å². The first-order valence-corrected chi connectivity index (χ1v) is 9.12. The molecular weight excluding hydrogens is 332 g/mol. The molecule has 3 atom stereocenters. The maximum atomic E-state index is 13.3. The molecule has 1 aromatic carbocycles. The van der Waals surface area contributed by atoms with Crippen molar-refractivity contribution in [1.82, 2.24) is 9.80 Å². The first-order chi connectivity index (χ1) is 12.5. The molecular formula is C20H24N2O4. The van der Waals surface area contributed by atoms with Crippen molar-refractivity contribution in [3.8, 4) is 5.75 Å². The van der Waals surface area contributed by atoms with Crippen LogP contribution in [0.15, 0.2) is 36.9 Å². The van der Waals surface area contributed by atoms with Crippen LogP contribution in [-0.2, 0) is 14.3 Å². The topological polar surface area (TPSA) is 59.1 Å². The normalized spacial score (nSPS) is 30.4. The zero-order chi connectivity index (χ0) is 18.3. The van der Waals surface area contributed by atoms with Crippen molar-refractivity contribution < 1.29 is 19.1 Å². The van der Waals surface area contributed by atoms with Gasteiger partial charge in [-0.25, -0.2) is 0 Å². The minimum absolute atomic E-state index is 0.101. The van der Waals surface area contributed by atoms with Gasteiger partial charge in [-0.05, 0) is 18.6 Å². The van der Waals surface area contributed by atoms with Gasteiger partial charge >= 0.3 is 0 Å². The van der Waals surface area contributed by atoms with Gasteiger partial charge in [-0.1, -0.05) is 24.3 Å². The lowest BCUT2D eigenvalue weighted by Gasteiger charge is -2.53. The Morgan fingerprint density at radius 1 is 1.35 bits per heavy atom. The maximum Gasteiger partial charge on any atom is 0.239 e. The van der Waals surface area contributed by atoms with E-state index in [1.165, 1.54) is 0 Å². The third-order valence-electron chi connectivity index (χ3n) is 5.65. The van der Waals surface area contributed by atoms with E-state index in [1.807, 2.05) is 31.2 Å². The summed E-state index contributed by atoms with van der Waals surface area (Å²) in [6, 6.07) is 7.73. The fraction of sp³-hybridized carbons (Fsp3) is 0.500. The van der Waals surface area contributed by atoms with Gasteiger partial charge in [-0.15, -0.1) is 6.58 Å². The van der Waals surface area contributed by atoms with Gasteiger partial charge < -0.3 is 19.3 Å². The van der Waals surface area contributed by atoms with Crippen LogP contribution < -0.4 is 4.74 Å². The van der Waals surface area contributed by atoms with Gasteiger partial charge in [-0.3, -0.25) is 9.59 Å². The molecule has 2 bridgehead atoms. The number of carbonyl (C=O) groups is 2. The van der Waals surface area contributed by atoms with Crippen molar-refractivity contribution >= 4 is 11.8 Å². The van der Waals surface area contributed by atoms with Crippen LogP contribution in [0.1, 0.15) is 24.8 Å². The van der Waals surface area contributed by atoms with Gasteiger partial charge in [0.25, 0.3) is 0 Å². The minimum Gasteiger partial charge on any atom is -0.468 e. The zero-order valence-electron chi connectivity index (χ0n) is 15.0. The molecule has 2 fully saturated rings. The van der Waals surface area contributed by atoms with Gasteiger partial charge in [0.2, 0.25) is 11.8 Å². The maximum absolute atomic E-state index is 13.3. The van der Waals surface area contributed by atoms with Crippen LogP contribution in [0.5, 0.6) is 5.75 Å². The van der Waals surface area contributed by atoms with Crippen LogP contribution >= 0.6 is 0 Å². The average Bonchev–Trinajstić information content (AvgIpc) is 2.65. The lowest BCUT2D eigenvalue weighted by Crippen LogP contribution is -2.65. The molecule has 2 amide bonds. The number of ether oxygens (including phenoxy) is 2. The van der Waals surface area contributed by atoms with E-state index < -0.39 is 11.6 Å². The molecule has 3 aliphatic heterocycles. The van der Waals surface area contributed by atoms with Crippen LogP contribution in [0.2, 0.25) is 0 Å². The molecule has 6 heteroatoms. The summed E-state index contributed by atoms with van der Waals surface area (Å²) in [5.41, 5.74) is 0.190. The number of nitrogens with zero attached hydrogens (tertiary/aromatic N) is 2. The zero-order valence-corrected chi connectivity index (χ0v) is 15.0. The van der Waals surface area contributed by atoms with E-state index in [0.717, 1.165) is 11.3 Å². The summed E-state index contributed by atoms with van der Waals surface area (Å²) < 4.78 is 11.6. The number of fused-ring (bicyclic) bond motifs is 4. The van der Waals surface area contributed by atoms with E-state index in [4.69, 9.17) is 9.47 Å². The number of rotatable bonds is 3. The van der Waals surface area contributed by atoms with Gasteiger partial charge in [0, 0.05) is 32.0 Å². The van der Waals surface area contributed by atoms with E-state index in [0.29, 0.717) is 39.3 Å². The number of piperidine rings is 1. The Morgan fingerprint density at radius 2 is 2.08 bits per heavy atom. The third kappa shape index (κ3) is 2.60. The molecule has 0 aliphatic carbocycles. The SMILES string of the molecule is C=CCN1C(=O)C(C(=O)N2CCOCC2)C2C[C@@]1(C)Oc1ccccc12. The van der Waals surface area contributed by atoms with E-state index >= 15 is 0 Å². The lowest BCUT2D eigenvalue weighted by atomic mass is 9.73. The standard InChI is InChI=1S/C20H24N2O4/c1-3-8-22-19(24)17(18(23)21-9-11-25-12-10-21)15-13-20(22,2)26-16-7-5-4-6-14(15)16/h3-7,15,17H,1,8-13H2,2H3/t15?,17?,20-/m1/s1. The largest absolute Gasteiger partial charge is 0.468 e. The van der Waals surface area contributed by atoms with Crippen LogP contribution in [0, 0.1) is 5.92 Å². The van der Waals surface area contributed by atoms with E-state index in [-0.39, 0.29) is 17.7 Å². The molecule has 2 saturated heterocycles. The van der Waals surface area contributed by atoms with Crippen LogP contribution in [-0.4, -0.2) is 60.2 Å². The molecule has 138 valence electrons. The molecule has 0 radical (unpaired) electrons. The van der Waals surface area contributed by atoms with Crippen LogP contribution in [0.3, 0.4) is 0 Å². The lowest BCUT2D eigenvalue weighted by molar-refractivity contribution is -0.177. The number of hydrogen-bond acceptors (Lipinski definition) is 4. The monoisotopic (exact) mass is 356 g/mol. The molecule has 0 N–H and O–H groups in total. The molecule has 1 aromatic rings. The number of hydrogen-bond donors (Lipinski definition) is 0. The molecule has 3 heterocycles. The Bertz CT molecular complexity index is 743. The fourth-order valence-corrected chi connectivity index (χ4v) is 4.38. The van der Waals surface area contributed by atoms with Crippen molar-refractivity contribution in [2.24, 2.45) is 5.92 Å². The fourth-order valence-electron chi connectivity index (χ4n) is 4.38. The second-order valence-corrected chi connectivity index (χ2v) is 7.28. The Labute approximate surface area is 153 Å². The first kappa shape index (κ1) is 17.1. The second-order valence-electron chi connectivity index (χ2n) is 7.28. The van der Waals surface area contributed by atoms with Crippen LogP contribution in [0.25, 0.3) is 0 Å². The Hall–Kier alpha value is -2.34. The molecule has 0 spiro atoms. The highest BCUT2D eigenvalue weighted by Gasteiger charge is 2.56. The number of carbonyl (C=O) groups excluding carboxylic acids is 2. The average molecular weight is 356 g/mol. The van der Waals surface area contributed by atoms with Crippen LogP contribution in [0.4, 0.5) is 0 Å². The van der Waals surface area contributed by atoms with Crippen molar-refractivity contribution in [3.05, 3.63) is 42.5 Å². The van der Waals surface area contributed by atoms with Crippen molar-refractivity contribution in [3.63, 3.8) is 0 Å². The quantitative estimate of drug-likeness (QED) is 0.612. The first-order valence-electron chi connectivity index (χ1n) is 9.12. The molecule has 3 aliphatic rings. The summed E-state index contributed by atoms with van der Waals surface area (Å²) in [6.45, 7) is 8.16. The van der Waals surface area contributed by atoms with Gasteiger partial charge in [0.15, 0.2) is 5.72 Å². The Kier molecular flexibility index (Phi) is 4.23. The number of amides is 2. The highest BCUT2D eigenvalue weighted by Crippen LogP contribution is 2.50. The Morgan fingerprint density at radius 3 is 2.81 bits per heavy atom. The second kappa shape index (κ2) is 6.43. The highest BCUT2D eigenvalue weighted by molar-refractivity contribution is 6.02. The molecule has 4 rings (SSSR count). The van der Waals surface area contributed by atoms with E-state index in [9.17, 15) is 9.59 Å². The van der Waals surface area contributed by atoms with Crippen molar-refractivity contribution in [2.75, 3.05) is 32.8 Å². The predicted octanol–water partition coefficient (Wildman–Crippen LogP) is 1.77. The highest BCUT2D eigenvalue weighted by atomic mass is 16.5. The molecule has 2 unspecified atom stereocenters. The van der Waals surface area contributed by atoms with Crippen molar-refractivity contribution in [1.29, 1.82) is 0 Å². The molecule has 0 saturated carbocycles. The van der Waals surface area contributed by atoms with Crippen molar-refractivity contribution in [2.45, 2.75) is 25.0 Å². The number of morpholine rings is 1.